The summed E-state index contributed by atoms with van der Waals surface area (Å²) in [7, 11) is 0. The summed E-state index contributed by atoms with van der Waals surface area (Å²) >= 11 is 0. The second kappa shape index (κ2) is 7.23. The zero-order valence-corrected chi connectivity index (χ0v) is 12.7. The fourth-order valence-corrected chi connectivity index (χ4v) is 2.53. The van der Waals surface area contributed by atoms with Crippen LogP contribution in [0, 0.1) is 5.92 Å². The molecule has 0 amide bonds. The maximum absolute atomic E-state index is 13.7. The third-order valence-corrected chi connectivity index (χ3v) is 3.75. The van der Waals surface area contributed by atoms with Crippen LogP contribution in [0.1, 0.15) is 25.7 Å². The van der Waals surface area contributed by atoms with E-state index in [0.717, 1.165) is 18.6 Å². The Hall–Kier alpha value is -2.06. The van der Waals surface area contributed by atoms with Crippen LogP contribution in [0.4, 0.5) is 27.6 Å². The standard InChI is InChI=1S/C15H18F5N3O/c16-14(17)8-2-1-3-10(14)9-22-13(21)23-11-4-6-12(7-5-11)24-15(18,19)20/h4-7,10H,1-3,8-9H2,(H3,21,22,23). The number of halogens is 5. The van der Waals surface area contributed by atoms with Gasteiger partial charge in [-0.1, -0.05) is 6.42 Å². The molecular formula is C15H18F5N3O. The Balaban J connectivity index is 1.90. The fraction of sp³-hybridized carbons (Fsp3) is 0.533. The number of hydrogen-bond donors (Lipinski definition) is 2. The number of guanidine groups is 1. The Labute approximate surface area is 135 Å². The van der Waals surface area contributed by atoms with Crippen LogP contribution in [-0.4, -0.2) is 24.8 Å². The topological polar surface area (TPSA) is 59.6 Å². The summed E-state index contributed by atoms with van der Waals surface area (Å²) in [5.41, 5.74) is 6.01. The van der Waals surface area contributed by atoms with Gasteiger partial charge in [0.1, 0.15) is 5.75 Å². The van der Waals surface area contributed by atoms with Crippen molar-refractivity contribution in [2.45, 2.75) is 38.0 Å². The van der Waals surface area contributed by atoms with Crippen molar-refractivity contribution in [3.63, 3.8) is 0 Å². The molecule has 1 atom stereocenters. The lowest BCUT2D eigenvalue weighted by Crippen LogP contribution is -2.35. The van der Waals surface area contributed by atoms with E-state index in [1.165, 1.54) is 12.1 Å². The molecule has 4 nitrogen and oxygen atoms in total. The molecule has 0 saturated heterocycles. The van der Waals surface area contributed by atoms with Gasteiger partial charge in [0.2, 0.25) is 0 Å². The summed E-state index contributed by atoms with van der Waals surface area (Å²) in [6.45, 7) is -0.0961. The summed E-state index contributed by atoms with van der Waals surface area (Å²) < 4.78 is 67.3. The van der Waals surface area contributed by atoms with Gasteiger partial charge in [0.25, 0.3) is 5.92 Å². The molecule has 0 heterocycles. The molecule has 1 aliphatic carbocycles. The van der Waals surface area contributed by atoms with Crippen molar-refractivity contribution >= 4 is 11.6 Å². The van der Waals surface area contributed by atoms with Gasteiger partial charge in [0.15, 0.2) is 5.96 Å². The molecule has 24 heavy (non-hydrogen) atoms. The summed E-state index contributed by atoms with van der Waals surface area (Å²) in [5.74, 6) is -4.01. The number of alkyl halides is 5. The van der Waals surface area contributed by atoms with Crippen molar-refractivity contribution in [2.75, 3.05) is 11.9 Å². The normalized spacial score (nSPS) is 21.4. The third kappa shape index (κ3) is 5.54. The predicted octanol–water partition coefficient (Wildman–Crippen LogP) is 4.14. The number of nitrogens with one attached hydrogen (secondary N) is 1. The Morgan fingerprint density at radius 2 is 1.92 bits per heavy atom. The highest BCUT2D eigenvalue weighted by Gasteiger charge is 2.41. The van der Waals surface area contributed by atoms with E-state index < -0.39 is 18.2 Å². The van der Waals surface area contributed by atoms with Gasteiger partial charge in [-0.25, -0.2) is 8.78 Å². The smallest absolute Gasteiger partial charge is 0.406 e. The molecule has 1 unspecified atom stereocenters. The Kier molecular flexibility index (Phi) is 5.51. The van der Waals surface area contributed by atoms with Crippen molar-refractivity contribution in [3.05, 3.63) is 24.3 Å². The fourth-order valence-electron chi connectivity index (χ4n) is 2.53. The van der Waals surface area contributed by atoms with Gasteiger partial charge in [0.05, 0.1) is 6.54 Å². The van der Waals surface area contributed by atoms with E-state index in [1.807, 2.05) is 0 Å². The number of hydrogen-bond acceptors (Lipinski definition) is 2. The largest absolute Gasteiger partial charge is 0.573 e. The average Bonchev–Trinajstić information content (AvgIpc) is 2.46. The minimum atomic E-state index is -4.76. The quantitative estimate of drug-likeness (QED) is 0.487. The van der Waals surface area contributed by atoms with E-state index in [1.54, 1.807) is 0 Å². The highest BCUT2D eigenvalue weighted by molar-refractivity contribution is 5.92. The minimum absolute atomic E-state index is 0.0686. The lowest BCUT2D eigenvalue weighted by Gasteiger charge is -2.30. The van der Waals surface area contributed by atoms with Crippen molar-refractivity contribution in [2.24, 2.45) is 16.6 Å². The molecule has 134 valence electrons. The zero-order chi connectivity index (χ0) is 17.8. The molecule has 0 radical (unpaired) electrons. The number of benzene rings is 1. The highest BCUT2D eigenvalue weighted by atomic mass is 19.4. The van der Waals surface area contributed by atoms with E-state index in [2.05, 4.69) is 15.0 Å². The van der Waals surface area contributed by atoms with Crippen molar-refractivity contribution in [1.82, 2.24) is 0 Å². The van der Waals surface area contributed by atoms with Crippen LogP contribution in [0.2, 0.25) is 0 Å². The Morgan fingerprint density at radius 3 is 2.50 bits per heavy atom. The number of anilines is 1. The minimum Gasteiger partial charge on any atom is -0.406 e. The van der Waals surface area contributed by atoms with E-state index in [-0.39, 0.29) is 24.7 Å². The van der Waals surface area contributed by atoms with Crippen LogP contribution < -0.4 is 15.8 Å². The molecule has 1 aliphatic rings. The van der Waals surface area contributed by atoms with Crippen LogP contribution in [0.3, 0.4) is 0 Å². The molecule has 1 saturated carbocycles. The van der Waals surface area contributed by atoms with Gasteiger partial charge in [-0.2, -0.15) is 0 Å². The molecular weight excluding hydrogens is 333 g/mol. The molecule has 2 rings (SSSR count). The first-order valence-electron chi connectivity index (χ1n) is 7.46. The monoisotopic (exact) mass is 351 g/mol. The van der Waals surface area contributed by atoms with Crippen LogP contribution in [0.25, 0.3) is 0 Å². The second-order valence-electron chi connectivity index (χ2n) is 5.63. The summed E-state index contributed by atoms with van der Waals surface area (Å²) in [6, 6.07) is 4.86. The average molecular weight is 351 g/mol. The zero-order valence-electron chi connectivity index (χ0n) is 12.7. The van der Waals surface area contributed by atoms with Gasteiger partial charge < -0.3 is 15.8 Å². The van der Waals surface area contributed by atoms with Crippen LogP contribution in [0.5, 0.6) is 5.75 Å². The summed E-state index contributed by atoms with van der Waals surface area (Å²) in [6.07, 6.45) is -3.26. The van der Waals surface area contributed by atoms with E-state index in [0.29, 0.717) is 18.5 Å². The SMILES string of the molecule is NC(=NCC1CCCCC1(F)F)Nc1ccc(OC(F)(F)F)cc1. The Bertz CT molecular complexity index is 571. The van der Waals surface area contributed by atoms with E-state index in [9.17, 15) is 22.0 Å². The third-order valence-electron chi connectivity index (χ3n) is 3.75. The predicted molar refractivity (Wildman–Crippen MR) is 80.1 cm³/mol. The highest BCUT2D eigenvalue weighted by Crippen LogP contribution is 2.38. The molecule has 1 aromatic rings. The van der Waals surface area contributed by atoms with Gasteiger partial charge in [-0.05, 0) is 37.1 Å². The number of nitrogens with zero attached hydrogens (tertiary/aromatic N) is 1. The van der Waals surface area contributed by atoms with Crippen LogP contribution in [0.15, 0.2) is 29.3 Å². The van der Waals surface area contributed by atoms with Crippen LogP contribution >= 0.6 is 0 Å². The van der Waals surface area contributed by atoms with E-state index >= 15 is 0 Å². The Morgan fingerprint density at radius 1 is 1.25 bits per heavy atom. The molecule has 0 aromatic heterocycles. The van der Waals surface area contributed by atoms with Crippen molar-refractivity contribution in [3.8, 4) is 5.75 Å². The second-order valence-corrected chi connectivity index (χ2v) is 5.63. The first-order chi connectivity index (χ1) is 11.2. The maximum Gasteiger partial charge on any atom is 0.573 e. The first kappa shape index (κ1) is 18.3. The van der Waals surface area contributed by atoms with Crippen LogP contribution in [-0.2, 0) is 0 Å². The molecule has 0 aliphatic heterocycles. The molecule has 1 fully saturated rings. The number of nitrogens with two attached hydrogens (primary N) is 1. The number of rotatable bonds is 4. The van der Waals surface area contributed by atoms with Gasteiger partial charge in [-0.15, -0.1) is 13.2 Å². The first-order valence-corrected chi connectivity index (χ1v) is 7.46. The maximum atomic E-state index is 13.7. The summed E-state index contributed by atoms with van der Waals surface area (Å²) in [5, 5.41) is 2.64. The van der Waals surface area contributed by atoms with E-state index in [4.69, 9.17) is 5.73 Å². The van der Waals surface area contributed by atoms with Crippen molar-refractivity contribution < 1.29 is 26.7 Å². The molecule has 9 heteroatoms. The number of ether oxygens (including phenoxy) is 1. The van der Waals surface area contributed by atoms with Gasteiger partial charge >= 0.3 is 6.36 Å². The lowest BCUT2D eigenvalue weighted by atomic mass is 9.86. The van der Waals surface area contributed by atoms with Gasteiger partial charge in [0, 0.05) is 18.0 Å². The van der Waals surface area contributed by atoms with Gasteiger partial charge in [-0.3, -0.25) is 4.99 Å². The molecule has 0 spiro atoms. The molecule has 1 aromatic carbocycles. The van der Waals surface area contributed by atoms with Crippen molar-refractivity contribution in [1.29, 1.82) is 0 Å². The number of aliphatic imine (C=N–C) groups is 1. The molecule has 3 N–H and O–H groups in total. The molecule has 0 bridgehead atoms. The summed E-state index contributed by atoms with van der Waals surface area (Å²) in [4.78, 5) is 3.91. The lowest BCUT2D eigenvalue weighted by molar-refractivity contribution is -0.274.